The minimum atomic E-state index is -0.265. The van der Waals surface area contributed by atoms with Crippen molar-refractivity contribution in [3.63, 3.8) is 0 Å². The van der Waals surface area contributed by atoms with Crippen LogP contribution in [0.4, 0.5) is 0 Å². The molecule has 0 aliphatic carbocycles. The fourth-order valence-electron chi connectivity index (χ4n) is 3.51. The molecule has 26 heavy (non-hydrogen) atoms. The average molecular weight is 356 g/mol. The molecule has 3 nitrogen and oxygen atoms in total. The van der Waals surface area contributed by atoms with E-state index in [0.717, 1.165) is 0 Å². The lowest BCUT2D eigenvalue weighted by atomic mass is 9.98. The third-order valence-corrected chi connectivity index (χ3v) is 5.68. The minimum absolute atomic E-state index is 0.0514. The molecule has 3 heteroatoms. The largest absolute Gasteiger partial charge is 0.395 e. The molecule has 0 amide bonds. The molecule has 2 aromatic carbocycles. The molecule has 142 valence electrons. The first kappa shape index (κ1) is 20.6. The zero-order valence-electron chi connectivity index (χ0n) is 17.1. The van der Waals surface area contributed by atoms with Crippen LogP contribution in [0.5, 0.6) is 0 Å². The Balaban J connectivity index is 2.32. The Labute approximate surface area is 158 Å². The van der Waals surface area contributed by atoms with Gasteiger partial charge in [0.15, 0.2) is 0 Å². The van der Waals surface area contributed by atoms with Gasteiger partial charge in [-0.25, -0.2) is 0 Å². The lowest BCUT2D eigenvalue weighted by Gasteiger charge is -2.30. The summed E-state index contributed by atoms with van der Waals surface area (Å²) in [6.07, 6.45) is 0. The van der Waals surface area contributed by atoms with Crippen LogP contribution in [-0.4, -0.2) is 34.4 Å². The highest BCUT2D eigenvalue weighted by atomic mass is 16.3. The fourth-order valence-corrected chi connectivity index (χ4v) is 3.51. The normalized spacial score (nSPS) is 11.6. The van der Waals surface area contributed by atoms with Crippen molar-refractivity contribution in [1.82, 2.24) is 4.90 Å². The average Bonchev–Trinajstić information content (AvgIpc) is 2.58. The van der Waals surface area contributed by atoms with Gasteiger partial charge < -0.3 is 10.2 Å². The lowest BCUT2D eigenvalue weighted by Crippen LogP contribution is -2.39. The van der Waals surface area contributed by atoms with Crippen molar-refractivity contribution in [2.24, 2.45) is 0 Å². The minimum Gasteiger partial charge on any atom is -0.395 e. The zero-order valence-corrected chi connectivity index (χ0v) is 17.1. The predicted octanol–water partition coefficient (Wildman–Crippen LogP) is 3.89. The number of aliphatic hydroxyl groups excluding tert-OH is 2. The standard InChI is InChI=1S/C23H33NO2/c1-15-7-21(8-16(2)19(15)5)11-24(23(13-25)14-26)12-22-9-17(3)20(6)18(4)10-22/h7-10,23,25-26H,11-14H2,1-6H3. The Bertz CT molecular complexity index is 657. The number of aliphatic hydroxyl groups is 2. The monoisotopic (exact) mass is 355 g/mol. The first-order valence-electron chi connectivity index (χ1n) is 9.36. The summed E-state index contributed by atoms with van der Waals surface area (Å²) in [5.41, 5.74) is 10.2. The summed E-state index contributed by atoms with van der Waals surface area (Å²) in [4.78, 5) is 2.17. The molecule has 0 heterocycles. The summed E-state index contributed by atoms with van der Waals surface area (Å²) < 4.78 is 0. The second-order valence-corrected chi connectivity index (χ2v) is 7.63. The van der Waals surface area contributed by atoms with Crippen LogP contribution in [0.2, 0.25) is 0 Å². The summed E-state index contributed by atoms with van der Waals surface area (Å²) in [5.74, 6) is 0. The quantitative estimate of drug-likeness (QED) is 0.792. The van der Waals surface area contributed by atoms with Crippen LogP contribution in [0.25, 0.3) is 0 Å². The van der Waals surface area contributed by atoms with E-state index in [1.165, 1.54) is 44.5 Å². The molecular formula is C23H33NO2. The zero-order chi connectivity index (χ0) is 19.4. The van der Waals surface area contributed by atoms with Crippen LogP contribution in [0.15, 0.2) is 24.3 Å². The van der Waals surface area contributed by atoms with Gasteiger partial charge >= 0.3 is 0 Å². The molecule has 0 aliphatic heterocycles. The molecule has 0 fully saturated rings. The Morgan fingerprint density at radius 2 is 0.962 bits per heavy atom. The Hall–Kier alpha value is -1.68. The van der Waals surface area contributed by atoms with Crippen LogP contribution in [0, 0.1) is 41.5 Å². The Kier molecular flexibility index (Phi) is 6.99. The third kappa shape index (κ3) is 4.73. The molecule has 0 saturated carbocycles. The predicted molar refractivity (Wildman–Crippen MR) is 109 cm³/mol. The van der Waals surface area contributed by atoms with Crippen LogP contribution in [0.1, 0.15) is 44.5 Å². The maximum absolute atomic E-state index is 9.76. The van der Waals surface area contributed by atoms with Gasteiger partial charge in [-0.3, -0.25) is 4.90 Å². The van der Waals surface area contributed by atoms with Crippen molar-refractivity contribution in [2.75, 3.05) is 13.2 Å². The van der Waals surface area contributed by atoms with Crippen LogP contribution >= 0.6 is 0 Å². The maximum Gasteiger partial charge on any atom is 0.0609 e. The third-order valence-electron chi connectivity index (χ3n) is 5.68. The number of hydrogen-bond donors (Lipinski definition) is 2. The van der Waals surface area contributed by atoms with Gasteiger partial charge in [-0.1, -0.05) is 24.3 Å². The molecule has 2 rings (SSSR count). The summed E-state index contributed by atoms with van der Waals surface area (Å²) in [6.45, 7) is 14.2. The summed E-state index contributed by atoms with van der Waals surface area (Å²) in [5, 5.41) is 19.5. The second-order valence-electron chi connectivity index (χ2n) is 7.63. The van der Waals surface area contributed by atoms with Gasteiger partial charge in [0, 0.05) is 13.1 Å². The van der Waals surface area contributed by atoms with Gasteiger partial charge in [-0.05, 0) is 86.1 Å². The number of aryl methyl sites for hydroxylation is 4. The van der Waals surface area contributed by atoms with Gasteiger partial charge in [-0.2, -0.15) is 0 Å². The Morgan fingerprint density at radius 1 is 0.654 bits per heavy atom. The molecule has 2 aromatic rings. The first-order valence-corrected chi connectivity index (χ1v) is 9.36. The number of rotatable bonds is 7. The topological polar surface area (TPSA) is 43.7 Å². The molecule has 0 aliphatic rings. The van der Waals surface area contributed by atoms with E-state index in [-0.39, 0.29) is 19.3 Å². The van der Waals surface area contributed by atoms with Crippen molar-refractivity contribution in [2.45, 2.75) is 60.7 Å². The molecule has 2 N–H and O–H groups in total. The fraction of sp³-hybridized carbons (Fsp3) is 0.478. The van der Waals surface area contributed by atoms with Gasteiger partial charge in [0.05, 0.1) is 19.3 Å². The highest BCUT2D eigenvalue weighted by Gasteiger charge is 2.19. The van der Waals surface area contributed by atoms with E-state index < -0.39 is 0 Å². The van der Waals surface area contributed by atoms with E-state index in [1.807, 2.05) is 0 Å². The van der Waals surface area contributed by atoms with Crippen molar-refractivity contribution < 1.29 is 10.2 Å². The maximum atomic E-state index is 9.76. The van der Waals surface area contributed by atoms with Crippen LogP contribution < -0.4 is 0 Å². The van der Waals surface area contributed by atoms with E-state index in [4.69, 9.17) is 0 Å². The Morgan fingerprint density at radius 3 is 1.23 bits per heavy atom. The van der Waals surface area contributed by atoms with Gasteiger partial charge in [0.1, 0.15) is 0 Å². The van der Waals surface area contributed by atoms with E-state index in [1.54, 1.807) is 0 Å². The van der Waals surface area contributed by atoms with Crippen molar-refractivity contribution in [3.8, 4) is 0 Å². The molecule has 0 aromatic heterocycles. The summed E-state index contributed by atoms with van der Waals surface area (Å²) >= 11 is 0. The number of nitrogens with zero attached hydrogens (tertiary/aromatic N) is 1. The summed E-state index contributed by atoms with van der Waals surface area (Å²) in [7, 11) is 0. The highest BCUT2D eigenvalue weighted by Crippen LogP contribution is 2.21. The highest BCUT2D eigenvalue weighted by molar-refractivity contribution is 5.38. The van der Waals surface area contributed by atoms with Crippen molar-refractivity contribution in [1.29, 1.82) is 0 Å². The SMILES string of the molecule is Cc1cc(CN(Cc2cc(C)c(C)c(C)c2)C(CO)CO)cc(C)c1C. The van der Waals surface area contributed by atoms with Gasteiger partial charge in [0.25, 0.3) is 0 Å². The number of benzene rings is 2. The molecule has 0 spiro atoms. The second kappa shape index (κ2) is 8.81. The van der Waals surface area contributed by atoms with E-state index >= 15 is 0 Å². The van der Waals surface area contributed by atoms with E-state index in [0.29, 0.717) is 13.1 Å². The van der Waals surface area contributed by atoms with E-state index in [9.17, 15) is 10.2 Å². The van der Waals surface area contributed by atoms with Gasteiger partial charge in [-0.15, -0.1) is 0 Å². The molecule has 0 unspecified atom stereocenters. The molecule has 0 saturated heterocycles. The lowest BCUT2D eigenvalue weighted by molar-refractivity contribution is 0.0633. The molecule has 0 bridgehead atoms. The van der Waals surface area contributed by atoms with Crippen LogP contribution in [0.3, 0.4) is 0 Å². The van der Waals surface area contributed by atoms with Crippen molar-refractivity contribution in [3.05, 3.63) is 68.8 Å². The molecule has 0 radical (unpaired) electrons. The molecular weight excluding hydrogens is 322 g/mol. The molecule has 0 atom stereocenters. The van der Waals surface area contributed by atoms with Crippen molar-refractivity contribution >= 4 is 0 Å². The summed E-state index contributed by atoms with van der Waals surface area (Å²) in [6, 6.07) is 8.60. The van der Waals surface area contributed by atoms with Gasteiger partial charge in [0.2, 0.25) is 0 Å². The smallest absolute Gasteiger partial charge is 0.0609 e. The first-order chi connectivity index (χ1) is 12.3. The van der Waals surface area contributed by atoms with Crippen LogP contribution in [-0.2, 0) is 13.1 Å². The number of hydrogen-bond acceptors (Lipinski definition) is 3. The van der Waals surface area contributed by atoms with E-state index in [2.05, 4.69) is 70.7 Å².